The van der Waals surface area contributed by atoms with Crippen LogP contribution >= 0.6 is 0 Å². The summed E-state index contributed by atoms with van der Waals surface area (Å²) in [5.74, 6) is 1.07. The zero-order chi connectivity index (χ0) is 15.6. The number of furan rings is 1. The van der Waals surface area contributed by atoms with Gasteiger partial charge in [0.05, 0.1) is 13.4 Å². The summed E-state index contributed by atoms with van der Waals surface area (Å²) in [4.78, 5) is 0. The fourth-order valence-corrected chi connectivity index (χ4v) is 2.29. The smallest absolute Gasteiger partial charge is 0.277 e. The highest BCUT2D eigenvalue weighted by atomic mass is 16.7. The van der Waals surface area contributed by atoms with E-state index in [4.69, 9.17) is 18.6 Å². The molecule has 3 rings (SSSR count). The maximum atomic E-state index is 9.39. The monoisotopic (exact) mass is 296 g/mol. The van der Waals surface area contributed by atoms with Crippen molar-refractivity contribution in [2.45, 2.75) is 18.0 Å². The first kappa shape index (κ1) is 14.2. The van der Waals surface area contributed by atoms with E-state index >= 15 is 0 Å². The SMILES string of the molecule is COc1ccc([C@@H]2O[C@@H](c3ccco3)C(C#N)(C#N)O2)cc1. The van der Waals surface area contributed by atoms with Gasteiger partial charge in [-0.15, -0.1) is 0 Å². The van der Waals surface area contributed by atoms with Gasteiger partial charge in [0.1, 0.15) is 23.6 Å². The van der Waals surface area contributed by atoms with Crippen LogP contribution in [-0.2, 0) is 9.47 Å². The topological polar surface area (TPSA) is 88.4 Å². The maximum absolute atomic E-state index is 9.39. The van der Waals surface area contributed by atoms with Crippen LogP contribution in [0, 0.1) is 22.7 Å². The van der Waals surface area contributed by atoms with E-state index < -0.39 is 18.0 Å². The van der Waals surface area contributed by atoms with Crippen LogP contribution in [-0.4, -0.2) is 12.7 Å². The maximum Gasteiger partial charge on any atom is 0.277 e. The number of methoxy groups -OCH3 is 1. The summed E-state index contributed by atoms with van der Waals surface area (Å²) in [6.45, 7) is 0. The standard InChI is InChI=1S/C16H12N2O4/c1-19-12-6-4-11(5-7-12)15-21-14(13-3-2-8-20-13)16(9-17,10-18)22-15/h2-8,14-15H,1H3/t14-,15+/m0/s1. The van der Waals surface area contributed by atoms with Crippen LogP contribution < -0.4 is 4.74 Å². The van der Waals surface area contributed by atoms with Gasteiger partial charge < -0.3 is 18.6 Å². The van der Waals surface area contributed by atoms with Gasteiger partial charge >= 0.3 is 0 Å². The third kappa shape index (κ3) is 2.21. The molecule has 22 heavy (non-hydrogen) atoms. The van der Waals surface area contributed by atoms with Gasteiger partial charge in [-0.25, -0.2) is 0 Å². The van der Waals surface area contributed by atoms with E-state index in [1.807, 2.05) is 12.1 Å². The molecule has 0 amide bonds. The second-order valence-electron chi connectivity index (χ2n) is 4.71. The number of hydrogen-bond donors (Lipinski definition) is 0. The Hall–Kier alpha value is -2.80. The minimum absolute atomic E-state index is 0.374. The van der Waals surface area contributed by atoms with Gasteiger partial charge in [-0.2, -0.15) is 10.5 Å². The molecule has 110 valence electrons. The van der Waals surface area contributed by atoms with E-state index in [2.05, 4.69) is 0 Å². The lowest BCUT2D eigenvalue weighted by Crippen LogP contribution is -2.30. The Morgan fingerprint density at radius 2 is 1.86 bits per heavy atom. The number of nitriles is 2. The molecule has 1 aromatic heterocycles. The molecule has 1 aliphatic rings. The molecule has 2 aromatic rings. The summed E-state index contributed by atoms with van der Waals surface area (Å²) in [7, 11) is 1.57. The summed E-state index contributed by atoms with van der Waals surface area (Å²) in [6.07, 6.45) is -0.288. The predicted octanol–water partition coefficient (Wildman–Crippen LogP) is 2.86. The molecule has 1 aromatic carbocycles. The predicted molar refractivity (Wildman–Crippen MR) is 73.3 cm³/mol. The molecule has 6 nitrogen and oxygen atoms in total. The average Bonchev–Trinajstić information content (AvgIpc) is 3.22. The van der Waals surface area contributed by atoms with E-state index in [-0.39, 0.29) is 0 Å². The molecule has 0 unspecified atom stereocenters. The molecule has 0 saturated carbocycles. The number of rotatable bonds is 3. The molecule has 0 N–H and O–H groups in total. The zero-order valence-corrected chi connectivity index (χ0v) is 11.7. The first-order valence-corrected chi connectivity index (χ1v) is 6.55. The first-order valence-electron chi connectivity index (χ1n) is 6.55. The highest BCUT2D eigenvalue weighted by Gasteiger charge is 2.54. The van der Waals surface area contributed by atoms with Crippen molar-refractivity contribution in [2.24, 2.45) is 0 Å². The van der Waals surface area contributed by atoms with E-state index in [0.29, 0.717) is 17.1 Å². The zero-order valence-electron chi connectivity index (χ0n) is 11.7. The summed E-state index contributed by atoms with van der Waals surface area (Å²) in [6, 6.07) is 14.1. The number of nitrogens with zero attached hydrogens (tertiary/aromatic N) is 2. The van der Waals surface area contributed by atoms with Gasteiger partial charge in [-0.05, 0) is 24.3 Å². The van der Waals surface area contributed by atoms with Gasteiger partial charge in [-0.3, -0.25) is 0 Å². The summed E-state index contributed by atoms with van der Waals surface area (Å²) in [5.41, 5.74) is -1.06. The molecule has 1 aliphatic heterocycles. The van der Waals surface area contributed by atoms with Crippen molar-refractivity contribution in [3.05, 3.63) is 54.0 Å². The fourth-order valence-electron chi connectivity index (χ4n) is 2.29. The molecule has 0 radical (unpaired) electrons. The highest BCUT2D eigenvalue weighted by Crippen LogP contribution is 2.46. The van der Waals surface area contributed by atoms with Crippen molar-refractivity contribution in [2.75, 3.05) is 7.11 Å². The van der Waals surface area contributed by atoms with E-state index in [9.17, 15) is 10.5 Å². The van der Waals surface area contributed by atoms with Gasteiger partial charge in [0.15, 0.2) is 12.4 Å². The second-order valence-corrected chi connectivity index (χ2v) is 4.71. The molecule has 0 bridgehead atoms. The molecule has 1 fully saturated rings. The third-order valence-electron chi connectivity index (χ3n) is 3.44. The molecular weight excluding hydrogens is 284 g/mol. The number of hydrogen-bond acceptors (Lipinski definition) is 6. The van der Waals surface area contributed by atoms with Crippen LogP contribution in [0.15, 0.2) is 47.1 Å². The molecule has 6 heteroatoms. The molecule has 0 aliphatic carbocycles. The van der Waals surface area contributed by atoms with Crippen LogP contribution in [0.1, 0.15) is 23.7 Å². The van der Waals surface area contributed by atoms with Crippen molar-refractivity contribution in [1.29, 1.82) is 10.5 Å². The van der Waals surface area contributed by atoms with Gasteiger partial charge in [0.25, 0.3) is 5.60 Å². The van der Waals surface area contributed by atoms with Crippen LogP contribution in [0.5, 0.6) is 5.75 Å². The Balaban J connectivity index is 1.93. The second kappa shape index (κ2) is 5.53. The van der Waals surface area contributed by atoms with Crippen molar-refractivity contribution in [3.63, 3.8) is 0 Å². The van der Waals surface area contributed by atoms with Gasteiger partial charge in [0, 0.05) is 5.56 Å². The number of benzene rings is 1. The van der Waals surface area contributed by atoms with Crippen molar-refractivity contribution < 1.29 is 18.6 Å². The molecular formula is C16H12N2O4. The summed E-state index contributed by atoms with van der Waals surface area (Å²) < 4.78 is 21.7. The van der Waals surface area contributed by atoms with E-state index in [1.54, 1.807) is 43.5 Å². The Bertz CT molecular complexity index is 711. The average molecular weight is 296 g/mol. The minimum atomic E-state index is -1.75. The van der Waals surface area contributed by atoms with Crippen LogP contribution in [0.4, 0.5) is 0 Å². The normalized spacial score (nSPS) is 22.7. The van der Waals surface area contributed by atoms with Crippen LogP contribution in [0.2, 0.25) is 0 Å². The van der Waals surface area contributed by atoms with E-state index in [0.717, 1.165) is 0 Å². The van der Waals surface area contributed by atoms with Crippen LogP contribution in [0.25, 0.3) is 0 Å². The Morgan fingerprint density at radius 3 is 2.41 bits per heavy atom. The molecule has 1 saturated heterocycles. The molecule has 0 spiro atoms. The highest BCUT2D eigenvalue weighted by molar-refractivity contribution is 5.32. The Labute approximate surface area is 127 Å². The van der Waals surface area contributed by atoms with Crippen LogP contribution in [0.3, 0.4) is 0 Å². The van der Waals surface area contributed by atoms with Crippen molar-refractivity contribution in [3.8, 4) is 17.9 Å². The van der Waals surface area contributed by atoms with Crippen molar-refractivity contribution >= 4 is 0 Å². The fraction of sp³-hybridized carbons (Fsp3) is 0.250. The Morgan fingerprint density at radius 1 is 1.14 bits per heavy atom. The summed E-state index contributed by atoms with van der Waals surface area (Å²) in [5, 5.41) is 18.8. The largest absolute Gasteiger partial charge is 0.497 e. The first-order chi connectivity index (χ1) is 10.7. The van der Waals surface area contributed by atoms with Gasteiger partial charge in [-0.1, -0.05) is 12.1 Å². The van der Waals surface area contributed by atoms with E-state index in [1.165, 1.54) is 6.26 Å². The lowest BCUT2D eigenvalue weighted by atomic mass is 9.99. The van der Waals surface area contributed by atoms with Crippen molar-refractivity contribution in [1.82, 2.24) is 0 Å². The number of ether oxygens (including phenoxy) is 3. The quantitative estimate of drug-likeness (QED) is 0.865. The Kier molecular flexibility index (Phi) is 3.56. The lowest BCUT2D eigenvalue weighted by molar-refractivity contribution is -0.0734. The molecule has 2 heterocycles. The minimum Gasteiger partial charge on any atom is -0.497 e. The van der Waals surface area contributed by atoms with Gasteiger partial charge in [0.2, 0.25) is 0 Å². The summed E-state index contributed by atoms with van der Waals surface area (Å²) >= 11 is 0. The lowest BCUT2D eigenvalue weighted by Gasteiger charge is -2.15. The molecule has 2 atom stereocenters. The third-order valence-corrected chi connectivity index (χ3v) is 3.44.